The Morgan fingerprint density at radius 2 is 2.04 bits per heavy atom. The van der Waals surface area contributed by atoms with Gasteiger partial charge in [-0.15, -0.1) is 0 Å². The van der Waals surface area contributed by atoms with Gasteiger partial charge in [0.15, 0.2) is 5.82 Å². The molecule has 3 aliphatic rings. The van der Waals surface area contributed by atoms with E-state index in [0.29, 0.717) is 65.5 Å². The van der Waals surface area contributed by atoms with Gasteiger partial charge in [-0.2, -0.15) is 9.97 Å². The minimum absolute atomic E-state index is 0.0162. The highest BCUT2D eigenvalue weighted by Gasteiger charge is 2.49. The number of hydrogen-bond donors (Lipinski definition) is 0. The molecule has 0 spiro atoms. The van der Waals surface area contributed by atoms with Crippen LogP contribution < -0.4 is 9.64 Å². The van der Waals surface area contributed by atoms with E-state index in [0.717, 1.165) is 24.8 Å². The van der Waals surface area contributed by atoms with Crippen LogP contribution >= 0.6 is 15.9 Å². The summed E-state index contributed by atoms with van der Waals surface area (Å²) in [5.41, 5.74) is 0.452. The van der Waals surface area contributed by atoms with Gasteiger partial charge in [-0.25, -0.2) is 19.7 Å². The Balaban J connectivity index is 1.33. The molecule has 0 radical (unpaired) electrons. The summed E-state index contributed by atoms with van der Waals surface area (Å²) in [6.45, 7) is 11.8. The molecule has 0 bridgehead atoms. The SMILES string of the molecule is [C-]#[N+]C[C@H]1CN(c2nc(OC[C@@]34CCCN3C[C@H](F)C4)nc3c(F)c(-c4cccc5ccc(F)c(CC)c45)ncc23)CCN1C(=O)/C=C/CBr. The highest BCUT2D eigenvalue weighted by Crippen LogP contribution is 2.41. The first kappa shape index (κ1) is 34.2. The zero-order valence-electron chi connectivity index (χ0n) is 27.7. The third kappa shape index (κ3) is 6.17. The third-order valence-electron chi connectivity index (χ3n) is 10.3. The average molecular weight is 749 g/mol. The lowest BCUT2D eigenvalue weighted by molar-refractivity contribution is -0.128. The highest BCUT2D eigenvalue weighted by molar-refractivity contribution is 9.09. The summed E-state index contributed by atoms with van der Waals surface area (Å²) in [7, 11) is 0. The molecule has 3 atom stereocenters. The van der Waals surface area contributed by atoms with Crippen LogP contribution in [0, 0.1) is 18.2 Å². The van der Waals surface area contributed by atoms with Gasteiger partial charge in [0, 0.05) is 49.7 Å². The molecule has 0 saturated carbocycles. The smallest absolute Gasteiger partial charge is 0.319 e. The zero-order chi connectivity index (χ0) is 35.0. The van der Waals surface area contributed by atoms with E-state index in [9.17, 15) is 9.18 Å². The minimum Gasteiger partial charge on any atom is -0.461 e. The van der Waals surface area contributed by atoms with Gasteiger partial charge in [-0.05, 0) is 54.3 Å². The maximum atomic E-state index is 17.0. The van der Waals surface area contributed by atoms with Crippen molar-refractivity contribution in [2.24, 2.45) is 0 Å². The fraction of sp³-hybridized carbons (Fsp3) is 0.432. The van der Waals surface area contributed by atoms with Gasteiger partial charge in [-0.1, -0.05) is 53.2 Å². The molecule has 260 valence electrons. The molecule has 3 fully saturated rings. The van der Waals surface area contributed by atoms with Crippen LogP contribution in [0.25, 0.3) is 37.8 Å². The molecule has 7 rings (SSSR count). The van der Waals surface area contributed by atoms with Crippen LogP contribution in [0.3, 0.4) is 0 Å². The van der Waals surface area contributed by atoms with Crippen molar-refractivity contribution in [3.05, 3.63) is 77.3 Å². The molecule has 0 N–H and O–H groups in total. The quantitative estimate of drug-likeness (QED) is 0.110. The molecule has 9 nitrogen and oxygen atoms in total. The van der Waals surface area contributed by atoms with Crippen LogP contribution in [0.4, 0.5) is 19.0 Å². The normalized spacial score (nSPS) is 22.5. The number of carbonyl (C=O) groups is 1. The van der Waals surface area contributed by atoms with E-state index < -0.39 is 23.6 Å². The minimum atomic E-state index is -0.945. The molecular weight excluding hydrogens is 711 g/mol. The fourth-order valence-electron chi connectivity index (χ4n) is 7.98. The van der Waals surface area contributed by atoms with Gasteiger partial charge in [0.1, 0.15) is 41.7 Å². The number of fused-ring (bicyclic) bond motifs is 3. The van der Waals surface area contributed by atoms with Crippen LogP contribution in [0.5, 0.6) is 6.01 Å². The Morgan fingerprint density at radius 1 is 1.18 bits per heavy atom. The predicted octanol–water partition coefficient (Wildman–Crippen LogP) is 6.53. The van der Waals surface area contributed by atoms with E-state index in [2.05, 4.69) is 35.6 Å². The molecule has 3 aliphatic heterocycles. The molecule has 0 unspecified atom stereocenters. The van der Waals surface area contributed by atoms with Crippen molar-refractivity contribution in [3.63, 3.8) is 0 Å². The third-order valence-corrected chi connectivity index (χ3v) is 10.7. The summed E-state index contributed by atoms with van der Waals surface area (Å²) in [5.74, 6) is -0.889. The molecule has 0 aliphatic carbocycles. The number of alkyl halides is 2. The van der Waals surface area contributed by atoms with E-state index in [1.165, 1.54) is 18.3 Å². The second-order valence-corrected chi connectivity index (χ2v) is 13.8. The first-order chi connectivity index (χ1) is 24.3. The van der Waals surface area contributed by atoms with E-state index in [-0.39, 0.29) is 48.6 Å². The van der Waals surface area contributed by atoms with Crippen LogP contribution in [-0.4, -0.2) is 99.6 Å². The van der Waals surface area contributed by atoms with Crippen LogP contribution in [0.15, 0.2) is 48.7 Å². The lowest BCUT2D eigenvalue weighted by Gasteiger charge is -2.39. The molecule has 2 aromatic carbocycles. The van der Waals surface area contributed by atoms with Crippen LogP contribution in [-0.2, 0) is 11.2 Å². The summed E-state index contributed by atoms with van der Waals surface area (Å²) >= 11 is 3.30. The molecule has 1 amide bonds. The Labute approximate surface area is 297 Å². The topological polar surface area (TPSA) is 79.1 Å². The van der Waals surface area contributed by atoms with E-state index in [1.54, 1.807) is 29.2 Å². The summed E-state index contributed by atoms with van der Waals surface area (Å²) in [6, 6.07) is 7.99. The second kappa shape index (κ2) is 14.2. The number of rotatable bonds is 9. The van der Waals surface area contributed by atoms with Gasteiger partial charge in [0.25, 0.3) is 0 Å². The number of allylic oxidation sites excluding steroid dienone is 1. The van der Waals surface area contributed by atoms with Gasteiger partial charge in [0.05, 0.1) is 10.9 Å². The zero-order valence-corrected chi connectivity index (χ0v) is 29.3. The standard InChI is InChI=1S/C37H37BrF3N7O2/c1-3-26-29(40)11-10-23-7-4-8-27(31(23)26)33-32(41)34-28(19-43-33)35(46-15-16-48(25(21-46)18-42-2)30(49)9-5-13-38)45-36(44-34)50-22-37-12-6-14-47(37)20-24(39)17-37/h4-5,7-11,19,24-25H,3,6,12-18,20-22H2,1H3/b9-5+/t24-,25+,37+/m1/s1. The Morgan fingerprint density at radius 3 is 2.84 bits per heavy atom. The van der Waals surface area contributed by atoms with Crippen LogP contribution in [0.2, 0.25) is 0 Å². The number of carbonyl (C=O) groups excluding carboxylic acids is 1. The number of benzene rings is 2. The van der Waals surface area contributed by atoms with Crippen molar-refractivity contribution in [3.8, 4) is 17.3 Å². The van der Waals surface area contributed by atoms with Gasteiger partial charge in [0.2, 0.25) is 12.5 Å². The number of piperazine rings is 1. The first-order valence-corrected chi connectivity index (χ1v) is 18.1. The van der Waals surface area contributed by atoms with Crippen molar-refractivity contribution < 1.29 is 22.7 Å². The summed E-state index contributed by atoms with van der Waals surface area (Å²) < 4.78 is 52.8. The Hall–Kier alpha value is -4.28. The average Bonchev–Trinajstić information content (AvgIpc) is 3.65. The molecule has 3 saturated heterocycles. The maximum Gasteiger partial charge on any atom is 0.319 e. The number of halogens is 4. The predicted molar refractivity (Wildman–Crippen MR) is 190 cm³/mol. The Bertz CT molecular complexity index is 2020. The van der Waals surface area contributed by atoms with Crippen molar-refractivity contribution in [2.75, 3.05) is 56.1 Å². The number of nitrogens with zero attached hydrogens (tertiary/aromatic N) is 7. The fourth-order valence-corrected chi connectivity index (χ4v) is 8.16. The first-order valence-electron chi connectivity index (χ1n) is 17.0. The van der Waals surface area contributed by atoms with Crippen molar-refractivity contribution in [1.29, 1.82) is 0 Å². The summed E-state index contributed by atoms with van der Waals surface area (Å²) in [6.07, 6.45) is 6.27. The van der Waals surface area contributed by atoms with Crippen molar-refractivity contribution in [2.45, 2.75) is 50.4 Å². The van der Waals surface area contributed by atoms with Gasteiger partial charge < -0.3 is 19.4 Å². The monoisotopic (exact) mass is 747 g/mol. The number of aromatic nitrogens is 3. The summed E-state index contributed by atoms with van der Waals surface area (Å²) in [4.78, 5) is 36.3. The van der Waals surface area contributed by atoms with Gasteiger partial charge >= 0.3 is 6.01 Å². The molecule has 13 heteroatoms. The van der Waals surface area contributed by atoms with E-state index in [1.807, 2.05) is 17.9 Å². The number of hydrogen-bond acceptors (Lipinski definition) is 7. The lowest BCUT2D eigenvalue weighted by atomic mass is 9.95. The number of aryl methyl sites for hydroxylation is 1. The summed E-state index contributed by atoms with van der Waals surface area (Å²) in [5, 5.41) is 2.22. The van der Waals surface area contributed by atoms with E-state index in [4.69, 9.17) is 16.3 Å². The molecule has 4 aromatic rings. The molecule has 5 heterocycles. The number of amides is 1. The van der Waals surface area contributed by atoms with Crippen LogP contribution in [0.1, 0.15) is 31.7 Å². The van der Waals surface area contributed by atoms with E-state index >= 15 is 8.78 Å². The molecular formula is C37H37BrF3N7O2. The van der Waals surface area contributed by atoms with Gasteiger partial charge in [-0.3, -0.25) is 14.7 Å². The highest BCUT2D eigenvalue weighted by atomic mass is 79.9. The maximum absolute atomic E-state index is 17.0. The Kier molecular flexibility index (Phi) is 9.67. The molecule has 50 heavy (non-hydrogen) atoms. The number of anilines is 1. The van der Waals surface area contributed by atoms with Crippen molar-refractivity contribution >= 4 is 49.3 Å². The van der Waals surface area contributed by atoms with Crippen molar-refractivity contribution in [1.82, 2.24) is 24.8 Å². The largest absolute Gasteiger partial charge is 0.461 e. The molecule has 2 aromatic heterocycles. The number of ether oxygens (including phenoxy) is 1. The lowest BCUT2D eigenvalue weighted by Crippen LogP contribution is -2.56. The number of pyridine rings is 1. The second-order valence-electron chi connectivity index (χ2n) is 13.2.